The van der Waals surface area contributed by atoms with E-state index in [0.717, 1.165) is 108 Å². The van der Waals surface area contributed by atoms with Crippen molar-refractivity contribution in [3.8, 4) is 0 Å². The Morgan fingerprint density at radius 3 is 1.67 bits per heavy atom. The summed E-state index contributed by atoms with van der Waals surface area (Å²) in [5.41, 5.74) is 3.38. The molecule has 0 aliphatic heterocycles. The van der Waals surface area contributed by atoms with Crippen LogP contribution in [0.1, 0.15) is 218 Å². The highest BCUT2D eigenvalue weighted by molar-refractivity contribution is 5.25. The van der Waals surface area contributed by atoms with E-state index in [4.69, 9.17) is 0 Å². The van der Waals surface area contributed by atoms with Crippen LogP contribution in [0, 0.1) is 110 Å². The van der Waals surface area contributed by atoms with Gasteiger partial charge in [-0.05, 0) is 213 Å². The molecular weight excluding hydrogens is 705 g/mol. The van der Waals surface area contributed by atoms with Gasteiger partial charge < -0.3 is 10.2 Å². The predicted octanol–water partition coefficient (Wildman–Crippen LogP) is 15.3. The molecule has 7 fully saturated rings. The second-order valence-electron chi connectivity index (χ2n) is 25.6. The lowest BCUT2D eigenvalue weighted by Crippen LogP contribution is -2.57. The maximum absolute atomic E-state index is 11.1. The van der Waals surface area contributed by atoms with Crippen LogP contribution >= 0.6 is 0 Å². The second-order valence-corrected chi connectivity index (χ2v) is 25.6. The van der Waals surface area contributed by atoms with E-state index in [1.54, 1.807) is 5.57 Å². The summed E-state index contributed by atoms with van der Waals surface area (Å²) in [5, 5.41) is 21.3. The number of fused-ring (bicyclic) bond motifs is 10. The maximum Gasteiger partial charge on any atom is 0.0599 e. The van der Waals surface area contributed by atoms with E-state index in [1.165, 1.54) is 116 Å². The van der Waals surface area contributed by atoms with E-state index in [1.807, 2.05) is 0 Å². The van der Waals surface area contributed by atoms with Crippen LogP contribution in [-0.4, -0.2) is 22.4 Å². The average molecular weight is 803 g/mol. The highest BCUT2D eigenvalue weighted by atomic mass is 16.3. The van der Waals surface area contributed by atoms with Crippen LogP contribution in [0.25, 0.3) is 0 Å². The molecular formula is C56H98O2. The van der Waals surface area contributed by atoms with Crippen molar-refractivity contribution in [2.45, 2.75) is 230 Å². The first-order valence-electron chi connectivity index (χ1n) is 26.4. The summed E-state index contributed by atoms with van der Waals surface area (Å²) in [6, 6.07) is 0. The maximum atomic E-state index is 11.1. The van der Waals surface area contributed by atoms with Crippen LogP contribution in [0.2, 0.25) is 0 Å². The Morgan fingerprint density at radius 2 is 1.10 bits per heavy atom. The molecule has 0 bridgehead atoms. The summed E-state index contributed by atoms with van der Waals surface area (Å²) in [6.45, 7) is 30.1. The standard InChI is InChI=1S/C28H48O.C28H50O/c1-18(2)19(3)7-8-20(4)24-11-12-25-23-10-9-21-17-22(29)13-15-27(21,5)26(23)14-16-28(24,25)6;1-18(2)19(3)10-11-20(4)23-14-15-24-22-13-12-21-8-7-9-26(29)28(21,6)25(22)16-17-27(23,24)5/h9,18-20,22-26,29H,7-8,10-17H2,1-6H3;18-26,29H,7-17H2,1-6H3/t19-,20-,22+,23+,24-,25+,26+,27+,28-;19-,20-,21?,22+,23-,24+,25+,26?,27-,28+/m11/s1. The third-order valence-corrected chi connectivity index (χ3v) is 22.7. The second kappa shape index (κ2) is 17.7. The van der Waals surface area contributed by atoms with Crippen molar-refractivity contribution >= 4 is 0 Å². The molecule has 8 rings (SSSR count). The van der Waals surface area contributed by atoms with Gasteiger partial charge in [0.2, 0.25) is 0 Å². The van der Waals surface area contributed by atoms with E-state index < -0.39 is 0 Å². The van der Waals surface area contributed by atoms with E-state index in [0.29, 0.717) is 16.2 Å². The van der Waals surface area contributed by atoms with Gasteiger partial charge in [0.15, 0.2) is 0 Å². The first-order chi connectivity index (χ1) is 27.4. The molecule has 2 heteroatoms. The number of hydrogen-bond donors (Lipinski definition) is 2. The Morgan fingerprint density at radius 1 is 0.552 bits per heavy atom. The molecule has 0 saturated heterocycles. The molecule has 0 heterocycles. The van der Waals surface area contributed by atoms with Gasteiger partial charge in [-0.15, -0.1) is 0 Å². The Kier molecular flexibility index (Phi) is 13.9. The minimum atomic E-state index is -0.0790. The van der Waals surface area contributed by atoms with Gasteiger partial charge in [-0.2, -0.15) is 0 Å². The van der Waals surface area contributed by atoms with Crippen LogP contribution in [-0.2, 0) is 0 Å². The largest absolute Gasteiger partial charge is 0.393 e. The van der Waals surface area contributed by atoms with Crippen LogP contribution in [0.5, 0.6) is 0 Å². The number of aliphatic hydroxyl groups excluding tert-OH is 2. The lowest BCUT2D eigenvalue weighted by atomic mass is 9.44. The molecule has 0 spiro atoms. The van der Waals surface area contributed by atoms with Crippen molar-refractivity contribution < 1.29 is 10.2 Å². The summed E-state index contributed by atoms with van der Waals surface area (Å²) < 4.78 is 0. The van der Waals surface area contributed by atoms with Crippen molar-refractivity contribution in [3.63, 3.8) is 0 Å². The van der Waals surface area contributed by atoms with E-state index in [-0.39, 0.29) is 17.6 Å². The fourth-order valence-electron chi connectivity index (χ4n) is 18.0. The topological polar surface area (TPSA) is 40.5 Å². The lowest BCUT2D eigenvalue weighted by Gasteiger charge is -2.62. The molecule has 2 N–H and O–H groups in total. The number of allylic oxidation sites excluding steroid dienone is 1. The Hall–Kier alpha value is -0.340. The number of hydrogen-bond acceptors (Lipinski definition) is 2. The third-order valence-electron chi connectivity index (χ3n) is 22.7. The minimum absolute atomic E-state index is 0.0351. The van der Waals surface area contributed by atoms with Crippen LogP contribution in [0.4, 0.5) is 0 Å². The van der Waals surface area contributed by atoms with Crippen molar-refractivity contribution in [3.05, 3.63) is 11.6 Å². The van der Waals surface area contributed by atoms with Crippen LogP contribution in [0.3, 0.4) is 0 Å². The number of rotatable bonds is 10. The summed E-state index contributed by atoms with van der Waals surface area (Å²) in [5.74, 6) is 13.2. The zero-order chi connectivity index (χ0) is 41.9. The molecule has 0 radical (unpaired) electrons. The third kappa shape index (κ3) is 8.06. The van der Waals surface area contributed by atoms with Gasteiger partial charge in [-0.1, -0.05) is 127 Å². The summed E-state index contributed by atoms with van der Waals surface area (Å²) in [6.07, 6.45) is 30.9. The van der Waals surface area contributed by atoms with Crippen LogP contribution in [0.15, 0.2) is 11.6 Å². The molecule has 58 heavy (non-hydrogen) atoms. The van der Waals surface area contributed by atoms with Crippen molar-refractivity contribution in [1.29, 1.82) is 0 Å². The van der Waals surface area contributed by atoms with E-state index in [2.05, 4.69) is 89.2 Å². The van der Waals surface area contributed by atoms with Gasteiger partial charge in [0.25, 0.3) is 0 Å². The van der Waals surface area contributed by atoms with Crippen molar-refractivity contribution in [2.75, 3.05) is 0 Å². The molecule has 8 aliphatic rings. The van der Waals surface area contributed by atoms with Crippen LogP contribution < -0.4 is 0 Å². The summed E-state index contributed by atoms with van der Waals surface area (Å²) >= 11 is 0. The zero-order valence-corrected chi connectivity index (χ0v) is 40.6. The number of aliphatic hydroxyl groups is 2. The quantitative estimate of drug-likeness (QED) is 0.216. The molecule has 0 amide bonds. The first kappa shape index (κ1) is 45.7. The lowest BCUT2D eigenvalue weighted by molar-refractivity contribution is -0.164. The Bertz CT molecular complexity index is 1400. The monoisotopic (exact) mass is 803 g/mol. The fraction of sp³-hybridized carbons (Fsp3) is 0.964. The predicted molar refractivity (Wildman–Crippen MR) is 247 cm³/mol. The summed E-state index contributed by atoms with van der Waals surface area (Å²) in [4.78, 5) is 0. The van der Waals surface area contributed by atoms with E-state index in [9.17, 15) is 10.2 Å². The Balaban J connectivity index is 0.000000177. The summed E-state index contributed by atoms with van der Waals surface area (Å²) in [7, 11) is 0. The van der Waals surface area contributed by atoms with Gasteiger partial charge in [0.05, 0.1) is 12.2 Å². The molecule has 2 nitrogen and oxygen atoms in total. The van der Waals surface area contributed by atoms with Gasteiger partial charge in [0, 0.05) is 0 Å². The molecule has 8 aliphatic carbocycles. The SMILES string of the molecule is CC(C)[C@H](C)CC[C@@H](C)[C@H]1CC[C@H]2[C@@H]3CC=C4C[C@@H](O)CC[C@]4(C)[C@H]3CC[C@]12C.CC(C)[C@H](C)CC[C@@H](C)[C@H]1CC[C@H]2[C@@H]3CCC4CCCC(O)[C@]4(C)[C@H]3CC[C@]12C. The highest BCUT2D eigenvalue weighted by Crippen LogP contribution is 2.70. The minimum Gasteiger partial charge on any atom is -0.393 e. The van der Waals surface area contributed by atoms with Gasteiger partial charge >= 0.3 is 0 Å². The fourth-order valence-corrected chi connectivity index (χ4v) is 18.0. The molecule has 7 saturated carbocycles. The van der Waals surface area contributed by atoms with Gasteiger partial charge in [-0.3, -0.25) is 0 Å². The molecule has 0 aromatic carbocycles. The van der Waals surface area contributed by atoms with Crippen molar-refractivity contribution in [1.82, 2.24) is 0 Å². The average Bonchev–Trinajstić information content (AvgIpc) is 3.73. The molecule has 0 aromatic heterocycles. The molecule has 334 valence electrons. The molecule has 2 unspecified atom stereocenters. The Labute approximate surface area is 361 Å². The molecule has 19 atom stereocenters. The highest BCUT2D eigenvalue weighted by Gasteiger charge is 2.62. The van der Waals surface area contributed by atoms with E-state index >= 15 is 0 Å². The first-order valence-corrected chi connectivity index (χ1v) is 26.4. The smallest absolute Gasteiger partial charge is 0.0599 e. The van der Waals surface area contributed by atoms with Crippen molar-refractivity contribution in [2.24, 2.45) is 110 Å². The molecule has 0 aromatic rings. The van der Waals surface area contributed by atoms with Gasteiger partial charge in [0.1, 0.15) is 0 Å². The van der Waals surface area contributed by atoms with Gasteiger partial charge in [-0.25, -0.2) is 0 Å². The normalized spacial score (nSPS) is 47.9. The zero-order valence-electron chi connectivity index (χ0n) is 40.6.